The van der Waals surface area contributed by atoms with Crippen molar-refractivity contribution >= 4 is 11.9 Å². The van der Waals surface area contributed by atoms with Crippen molar-refractivity contribution in [1.29, 1.82) is 0 Å². The molecule has 0 radical (unpaired) electrons. The van der Waals surface area contributed by atoms with Crippen LogP contribution in [-0.2, 0) is 12.8 Å². The Morgan fingerprint density at radius 1 is 1.10 bits per heavy atom. The van der Waals surface area contributed by atoms with Gasteiger partial charge < -0.3 is 5.73 Å². The van der Waals surface area contributed by atoms with Gasteiger partial charge in [0.1, 0.15) is 17.5 Å². The first kappa shape index (κ1) is 20.9. The van der Waals surface area contributed by atoms with Crippen molar-refractivity contribution < 1.29 is 13.2 Å². The zero-order valence-corrected chi connectivity index (χ0v) is 16.5. The van der Waals surface area contributed by atoms with Crippen molar-refractivity contribution in [1.82, 2.24) is 0 Å². The summed E-state index contributed by atoms with van der Waals surface area (Å²) in [5, 5.41) is 0. The first-order valence-electron chi connectivity index (χ1n) is 9.81. The lowest BCUT2D eigenvalue weighted by Gasteiger charge is -2.29. The topological polar surface area (TPSA) is 38.4 Å². The highest BCUT2D eigenvalue weighted by molar-refractivity contribution is 5.83. The molecule has 3 rings (SSSR count). The summed E-state index contributed by atoms with van der Waals surface area (Å²) in [5.41, 5.74) is 8.01. The van der Waals surface area contributed by atoms with Gasteiger partial charge in [-0.15, -0.1) is 0 Å². The summed E-state index contributed by atoms with van der Waals surface area (Å²) in [4.78, 5) is 4.22. The SMILES string of the molecule is C=C(N)/C=N\C(=C/C)c1ccc(C2CCC2)c(CCc2c(F)cccc2F)c1F. The molecule has 152 valence electrons. The molecule has 0 aliphatic heterocycles. The van der Waals surface area contributed by atoms with Gasteiger partial charge in [0.05, 0.1) is 5.70 Å². The second-order valence-electron chi connectivity index (χ2n) is 7.33. The predicted molar refractivity (Wildman–Crippen MR) is 112 cm³/mol. The average molecular weight is 398 g/mol. The standard InChI is InChI=1S/C24H25F3N2/c1-3-23(29-14-15(2)28)20-13-10-17(16-6-4-7-16)18(24(20)27)11-12-19-21(25)8-5-9-22(19)26/h3,5,8-10,13-14,16H,2,4,6-7,11-12,28H2,1H3/b23-3-,29-14-. The maximum absolute atomic E-state index is 15.6. The van der Waals surface area contributed by atoms with Crippen molar-refractivity contribution in [2.75, 3.05) is 0 Å². The largest absolute Gasteiger partial charge is 0.398 e. The molecular formula is C24H25F3N2. The number of rotatable bonds is 7. The Balaban J connectivity index is 1.99. The van der Waals surface area contributed by atoms with Crippen molar-refractivity contribution in [2.45, 2.75) is 44.9 Å². The van der Waals surface area contributed by atoms with E-state index in [0.29, 0.717) is 22.7 Å². The average Bonchev–Trinajstić information content (AvgIpc) is 2.63. The molecule has 0 bridgehead atoms. The lowest BCUT2D eigenvalue weighted by molar-refractivity contribution is 0.414. The molecular weight excluding hydrogens is 373 g/mol. The van der Waals surface area contributed by atoms with Crippen molar-refractivity contribution in [3.8, 4) is 0 Å². The Bertz CT molecular complexity index is 952. The van der Waals surface area contributed by atoms with Gasteiger partial charge >= 0.3 is 0 Å². The number of aliphatic imine (C=N–C) groups is 1. The molecule has 2 N–H and O–H groups in total. The molecule has 0 aromatic heterocycles. The number of hydrogen-bond donors (Lipinski definition) is 1. The second-order valence-corrected chi connectivity index (χ2v) is 7.33. The van der Waals surface area contributed by atoms with Crippen LogP contribution in [0.1, 0.15) is 54.4 Å². The van der Waals surface area contributed by atoms with E-state index in [2.05, 4.69) is 11.6 Å². The Morgan fingerprint density at radius 2 is 1.76 bits per heavy atom. The minimum Gasteiger partial charge on any atom is -0.398 e. The van der Waals surface area contributed by atoms with Gasteiger partial charge in [0.15, 0.2) is 0 Å². The van der Waals surface area contributed by atoms with E-state index in [4.69, 9.17) is 5.73 Å². The molecule has 0 spiro atoms. The molecule has 0 atom stereocenters. The van der Waals surface area contributed by atoms with Gasteiger partial charge in [-0.1, -0.05) is 31.2 Å². The first-order valence-corrected chi connectivity index (χ1v) is 9.81. The highest BCUT2D eigenvalue weighted by Gasteiger charge is 2.26. The van der Waals surface area contributed by atoms with Gasteiger partial charge in [-0.25, -0.2) is 13.2 Å². The zero-order chi connectivity index (χ0) is 21.0. The third kappa shape index (κ3) is 4.61. The summed E-state index contributed by atoms with van der Waals surface area (Å²) in [7, 11) is 0. The van der Waals surface area contributed by atoms with E-state index in [1.165, 1.54) is 24.4 Å². The third-order valence-electron chi connectivity index (χ3n) is 5.43. The second kappa shape index (κ2) is 9.12. The van der Waals surface area contributed by atoms with E-state index < -0.39 is 11.6 Å². The van der Waals surface area contributed by atoms with Crippen LogP contribution >= 0.6 is 0 Å². The van der Waals surface area contributed by atoms with Crippen LogP contribution in [0, 0.1) is 17.5 Å². The maximum atomic E-state index is 15.6. The van der Waals surface area contributed by atoms with Crippen LogP contribution in [-0.4, -0.2) is 6.21 Å². The van der Waals surface area contributed by atoms with Crippen LogP contribution in [0.2, 0.25) is 0 Å². The maximum Gasteiger partial charge on any atom is 0.136 e. The molecule has 2 nitrogen and oxygen atoms in total. The van der Waals surface area contributed by atoms with Crippen LogP contribution in [0.4, 0.5) is 13.2 Å². The molecule has 1 aliphatic carbocycles. The Morgan fingerprint density at radius 3 is 2.31 bits per heavy atom. The van der Waals surface area contributed by atoms with Crippen molar-refractivity contribution in [3.63, 3.8) is 0 Å². The lowest BCUT2D eigenvalue weighted by atomic mass is 9.76. The van der Waals surface area contributed by atoms with Crippen molar-refractivity contribution in [2.24, 2.45) is 10.7 Å². The minimum atomic E-state index is -0.605. The molecule has 1 aliphatic rings. The molecule has 0 saturated heterocycles. The molecule has 2 aromatic carbocycles. The van der Waals surface area contributed by atoms with E-state index in [1.807, 2.05) is 6.07 Å². The fourth-order valence-corrected chi connectivity index (χ4v) is 3.66. The Labute approximate surface area is 169 Å². The van der Waals surface area contributed by atoms with Gasteiger partial charge in [-0.05, 0) is 67.9 Å². The molecule has 1 fully saturated rings. The molecule has 1 saturated carbocycles. The van der Waals surface area contributed by atoms with E-state index in [-0.39, 0.29) is 29.9 Å². The lowest BCUT2D eigenvalue weighted by Crippen LogP contribution is -2.14. The van der Waals surface area contributed by atoms with Crippen LogP contribution < -0.4 is 5.73 Å². The van der Waals surface area contributed by atoms with E-state index in [9.17, 15) is 8.78 Å². The summed E-state index contributed by atoms with van der Waals surface area (Å²) in [6, 6.07) is 7.43. The van der Waals surface area contributed by atoms with Crippen LogP contribution in [0.25, 0.3) is 5.70 Å². The number of nitrogens with two attached hydrogens (primary N) is 1. The Kier molecular flexibility index (Phi) is 6.57. The van der Waals surface area contributed by atoms with E-state index in [1.54, 1.807) is 19.1 Å². The fraction of sp³-hybridized carbons (Fsp3) is 0.292. The van der Waals surface area contributed by atoms with Gasteiger partial charge in [0.2, 0.25) is 0 Å². The summed E-state index contributed by atoms with van der Waals surface area (Å²) in [6.45, 7) is 5.33. The van der Waals surface area contributed by atoms with E-state index in [0.717, 1.165) is 24.8 Å². The smallest absolute Gasteiger partial charge is 0.136 e. The number of allylic oxidation sites excluding steroid dienone is 2. The normalized spacial score (nSPS) is 15.0. The van der Waals surface area contributed by atoms with Crippen molar-refractivity contribution in [3.05, 3.63) is 88.4 Å². The minimum absolute atomic E-state index is 0.0134. The fourth-order valence-electron chi connectivity index (χ4n) is 3.66. The van der Waals surface area contributed by atoms with Gasteiger partial charge in [-0.2, -0.15) is 0 Å². The monoisotopic (exact) mass is 398 g/mol. The number of nitrogens with zero attached hydrogens (tertiary/aromatic N) is 1. The van der Waals surface area contributed by atoms with Crippen LogP contribution in [0.15, 0.2) is 53.7 Å². The summed E-state index contributed by atoms with van der Waals surface area (Å²) < 4.78 is 43.7. The zero-order valence-electron chi connectivity index (χ0n) is 16.5. The molecule has 0 unspecified atom stereocenters. The van der Waals surface area contributed by atoms with Crippen LogP contribution in [0.5, 0.6) is 0 Å². The van der Waals surface area contributed by atoms with Gasteiger partial charge in [-0.3, -0.25) is 4.99 Å². The van der Waals surface area contributed by atoms with Gasteiger partial charge in [0, 0.05) is 23.0 Å². The Hall–Kier alpha value is -2.82. The summed E-state index contributed by atoms with van der Waals surface area (Å²) in [6.07, 6.45) is 6.49. The van der Waals surface area contributed by atoms with Gasteiger partial charge in [0.25, 0.3) is 0 Å². The molecule has 2 aromatic rings. The summed E-state index contributed by atoms with van der Waals surface area (Å²) in [5.74, 6) is -1.31. The molecule has 0 heterocycles. The van der Waals surface area contributed by atoms with Crippen LogP contribution in [0.3, 0.4) is 0 Å². The number of hydrogen-bond acceptors (Lipinski definition) is 2. The predicted octanol–water partition coefficient (Wildman–Crippen LogP) is 6.06. The number of benzene rings is 2. The first-order chi connectivity index (χ1) is 13.9. The third-order valence-corrected chi connectivity index (χ3v) is 5.43. The highest BCUT2D eigenvalue weighted by atomic mass is 19.1. The quantitative estimate of drug-likeness (QED) is 0.566. The molecule has 5 heteroatoms. The number of halogens is 3. The summed E-state index contributed by atoms with van der Waals surface area (Å²) >= 11 is 0. The molecule has 29 heavy (non-hydrogen) atoms. The highest BCUT2D eigenvalue weighted by Crippen LogP contribution is 2.40. The molecule has 0 amide bonds. The van der Waals surface area contributed by atoms with E-state index >= 15 is 4.39 Å².